The van der Waals surface area contributed by atoms with E-state index in [1.807, 2.05) is 36.0 Å². The molecule has 1 saturated heterocycles. The minimum atomic E-state index is -0.786. The highest BCUT2D eigenvalue weighted by atomic mass is 16.2. The Morgan fingerprint density at radius 3 is 2.61 bits per heavy atom. The molecular weight excluding hydrogens is 394 g/mol. The van der Waals surface area contributed by atoms with Crippen LogP contribution in [0.5, 0.6) is 0 Å². The molecule has 0 bridgehead atoms. The standard InChI is InChI=1S/C22H31N7O2/c1-4-22(2)19(30)29(21(31)27-22)14-7-11-24-20(23-3)25-15-17-9-5-6-10-18(17)16-28-13-8-12-26-28/h5-6,8-10,12-13H,4,7,11,14-16H2,1-3H3,(H,27,31)(H2,23,24,25). The maximum absolute atomic E-state index is 12.4. The van der Waals surface area contributed by atoms with Crippen molar-refractivity contribution in [2.24, 2.45) is 4.99 Å². The van der Waals surface area contributed by atoms with E-state index in [9.17, 15) is 9.59 Å². The monoisotopic (exact) mass is 425 g/mol. The Hall–Kier alpha value is -3.36. The normalized spacial score (nSPS) is 18.9. The number of amides is 3. The summed E-state index contributed by atoms with van der Waals surface area (Å²) < 4.78 is 1.89. The fourth-order valence-electron chi connectivity index (χ4n) is 3.49. The number of guanidine groups is 1. The van der Waals surface area contributed by atoms with Crippen LogP contribution in [0, 0.1) is 0 Å². The first-order valence-electron chi connectivity index (χ1n) is 10.6. The van der Waals surface area contributed by atoms with Gasteiger partial charge in [-0.05, 0) is 37.0 Å². The number of hydrogen-bond donors (Lipinski definition) is 3. The third-order valence-corrected chi connectivity index (χ3v) is 5.58. The predicted octanol–water partition coefficient (Wildman–Crippen LogP) is 1.71. The number of urea groups is 1. The van der Waals surface area contributed by atoms with Crippen LogP contribution in [0.4, 0.5) is 4.79 Å². The summed E-state index contributed by atoms with van der Waals surface area (Å²) >= 11 is 0. The van der Waals surface area contributed by atoms with Gasteiger partial charge in [0.25, 0.3) is 5.91 Å². The molecule has 0 saturated carbocycles. The zero-order valence-electron chi connectivity index (χ0n) is 18.4. The minimum absolute atomic E-state index is 0.156. The molecule has 1 aliphatic rings. The van der Waals surface area contributed by atoms with Crippen LogP contribution in [-0.4, -0.2) is 58.3 Å². The van der Waals surface area contributed by atoms with Gasteiger partial charge >= 0.3 is 6.03 Å². The molecule has 3 N–H and O–H groups in total. The summed E-state index contributed by atoms with van der Waals surface area (Å²) in [6.45, 7) is 5.96. The summed E-state index contributed by atoms with van der Waals surface area (Å²) in [6.07, 6.45) is 4.92. The van der Waals surface area contributed by atoms with Crippen molar-refractivity contribution in [1.82, 2.24) is 30.6 Å². The van der Waals surface area contributed by atoms with Crippen molar-refractivity contribution in [2.75, 3.05) is 20.1 Å². The topological polar surface area (TPSA) is 104 Å². The summed E-state index contributed by atoms with van der Waals surface area (Å²) in [4.78, 5) is 30.1. The van der Waals surface area contributed by atoms with E-state index in [2.05, 4.69) is 38.2 Å². The van der Waals surface area contributed by atoms with Crippen LogP contribution in [0.25, 0.3) is 0 Å². The number of aliphatic imine (C=N–C) groups is 1. The average molecular weight is 426 g/mol. The molecule has 9 nitrogen and oxygen atoms in total. The molecule has 0 spiro atoms. The number of carbonyl (C=O) groups excluding carboxylic acids is 2. The summed E-state index contributed by atoms with van der Waals surface area (Å²) in [5, 5.41) is 13.6. The lowest BCUT2D eigenvalue weighted by Gasteiger charge is -2.19. The lowest BCUT2D eigenvalue weighted by atomic mass is 9.99. The van der Waals surface area contributed by atoms with E-state index >= 15 is 0 Å². The number of imide groups is 1. The van der Waals surface area contributed by atoms with Gasteiger partial charge in [-0.2, -0.15) is 5.10 Å². The molecule has 2 aromatic rings. The van der Waals surface area contributed by atoms with Gasteiger partial charge in [-0.15, -0.1) is 0 Å². The predicted molar refractivity (Wildman–Crippen MR) is 120 cm³/mol. The molecule has 1 aromatic heterocycles. The van der Waals surface area contributed by atoms with E-state index in [4.69, 9.17) is 0 Å². The van der Waals surface area contributed by atoms with Gasteiger partial charge in [-0.1, -0.05) is 31.2 Å². The molecule has 1 aliphatic heterocycles. The number of aromatic nitrogens is 2. The maximum atomic E-state index is 12.4. The molecular formula is C22H31N7O2. The number of rotatable bonds is 9. The summed E-state index contributed by atoms with van der Waals surface area (Å²) in [5.74, 6) is 0.515. The fraction of sp³-hybridized carbons (Fsp3) is 0.455. The number of carbonyl (C=O) groups is 2. The Balaban J connectivity index is 1.46. The third kappa shape index (κ3) is 5.42. The Labute approximate surface area is 182 Å². The van der Waals surface area contributed by atoms with Crippen LogP contribution in [0.2, 0.25) is 0 Å². The average Bonchev–Trinajstić information content (AvgIpc) is 3.36. The van der Waals surface area contributed by atoms with Gasteiger partial charge in [0, 0.05) is 39.1 Å². The van der Waals surface area contributed by atoms with Crippen LogP contribution in [0.1, 0.15) is 37.8 Å². The van der Waals surface area contributed by atoms with Crippen LogP contribution >= 0.6 is 0 Å². The van der Waals surface area contributed by atoms with Crippen molar-refractivity contribution in [2.45, 2.75) is 45.3 Å². The molecule has 3 amide bonds. The SMILES string of the molecule is CCC1(C)NC(=O)N(CCCNC(=NC)NCc2ccccc2Cn2cccn2)C1=O. The third-order valence-electron chi connectivity index (χ3n) is 5.58. The van der Waals surface area contributed by atoms with E-state index in [0.29, 0.717) is 45.0 Å². The molecule has 1 unspecified atom stereocenters. The van der Waals surface area contributed by atoms with E-state index in [-0.39, 0.29) is 11.9 Å². The fourth-order valence-corrected chi connectivity index (χ4v) is 3.49. The van der Waals surface area contributed by atoms with Crippen LogP contribution < -0.4 is 16.0 Å². The van der Waals surface area contributed by atoms with Crippen molar-refractivity contribution < 1.29 is 9.59 Å². The van der Waals surface area contributed by atoms with Gasteiger partial charge in [0.05, 0.1) is 6.54 Å². The van der Waals surface area contributed by atoms with Gasteiger partial charge in [-0.25, -0.2) is 4.79 Å². The first kappa shape index (κ1) is 22.3. The van der Waals surface area contributed by atoms with Crippen molar-refractivity contribution >= 4 is 17.9 Å². The van der Waals surface area contributed by atoms with Crippen LogP contribution in [-0.2, 0) is 17.9 Å². The zero-order chi connectivity index (χ0) is 22.3. The van der Waals surface area contributed by atoms with E-state index in [1.165, 1.54) is 16.0 Å². The summed E-state index contributed by atoms with van der Waals surface area (Å²) in [5.41, 5.74) is 1.57. The minimum Gasteiger partial charge on any atom is -0.356 e. The molecule has 0 radical (unpaired) electrons. The van der Waals surface area contributed by atoms with Crippen molar-refractivity contribution in [3.05, 3.63) is 53.9 Å². The second-order valence-electron chi connectivity index (χ2n) is 7.75. The van der Waals surface area contributed by atoms with Gasteiger partial charge < -0.3 is 16.0 Å². The molecule has 3 rings (SSSR count). The number of hydrogen-bond acceptors (Lipinski definition) is 4. The van der Waals surface area contributed by atoms with Crippen molar-refractivity contribution in [1.29, 1.82) is 0 Å². The molecule has 2 heterocycles. The second-order valence-corrected chi connectivity index (χ2v) is 7.75. The van der Waals surface area contributed by atoms with Crippen LogP contribution in [0.15, 0.2) is 47.7 Å². The summed E-state index contributed by atoms with van der Waals surface area (Å²) in [6, 6.07) is 9.81. The van der Waals surface area contributed by atoms with E-state index in [0.717, 1.165) is 0 Å². The number of nitrogens with zero attached hydrogens (tertiary/aromatic N) is 4. The Kier molecular flexibility index (Phi) is 7.28. The molecule has 166 valence electrons. The zero-order valence-corrected chi connectivity index (χ0v) is 18.4. The van der Waals surface area contributed by atoms with Gasteiger partial charge in [0.2, 0.25) is 0 Å². The van der Waals surface area contributed by atoms with Gasteiger partial charge in [0.15, 0.2) is 5.96 Å². The first-order valence-corrected chi connectivity index (χ1v) is 10.6. The molecule has 9 heteroatoms. The first-order chi connectivity index (χ1) is 15.0. The maximum Gasteiger partial charge on any atom is 0.325 e. The smallest absolute Gasteiger partial charge is 0.325 e. The second kappa shape index (κ2) is 10.1. The Morgan fingerprint density at radius 2 is 1.97 bits per heavy atom. The lowest BCUT2D eigenvalue weighted by molar-refractivity contribution is -0.130. The quantitative estimate of drug-likeness (QED) is 0.246. The molecule has 31 heavy (non-hydrogen) atoms. The lowest BCUT2D eigenvalue weighted by Crippen LogP contribution is -2.43. The Bertz CT molecular complexity index is 926. The molecule has 1 aromatic carbocycles. The highest BCUT2D eigenvalue weighted by Crippen LogP contribution is 2.20. The van der Waals surface area contributed by atoms with E-state index < -0.39 is 5.54 Å². The van der Waals surface area contributed by atoms with Gasteiger partial charge in [0.1, 0.15) is 5.54 Å². The van der Waals surface area contributed by atoms with E-state index in [1.54, 1.807) is 20.2 Å². The highest BCUT2D eigenvalue weighted by Gasteiger charge is 2.45. The van der Waals surface area contributed by atoms with Gasteiger partial charge in [-0.3, -0.25) is 19.4 Å². The Morgan fingerprint density at radius 1 is 1.19 bits per heavy atom. The molecule has 0 aliphatic carbocycles. The molecule has 1 atom stereocenters. The van der Waals surface area contributed by atoms with Crippen molar-refractivity contribution in [3.63, 3.8) is 0 Å². The highest BCUT2D eigenvalue weighted by molar-refractivity contribution is 6.06. The largest absolute Gasteiger partial charge is 0.356 e. The number of benzene rings is 1. The van der Waals surface area contributed by atoms with Crippen molar-refractivity contribution in [3.8, 4) is 0 Å². The number of nitrogens with one attached hydrogen (secondary N) is 3. The molecule has 1 fully saturated rings. The van der Waals surface area contributed by atoms with Crippen LogP contribution in [0.3, 0.4) is 0 Å². The summed E-state index contributed by atoms with van der Waals surface area (Å²) in [7, 11) is 1.72.